The Morgan fingerprint density at radius 2 is 1.92 bits per heavy atom. The summed E-state index contributed by atoms with van der Waals surface area (Å²) in [7, 11) is -3.56. The van der Waals surface area contributed by atoms with Crippen LogP contribution in [0, 0.1) is 19.8 Å². The van der Waals surface area contributed by atoms with Crippen molar-refractivity contribution in [1.29, 1.82) is 0 Å². The summed E-state index contributed by atoms with van der Waals surface area (Å²) in [5.74, 6) is -0.167. The molecule has 0 aromatic heterocycles. The Morgan fingerprint density at radius 1 is 1.25 bits per heavy atom. The van der Waals surface area contributed by atoms with Crippen molar-refractivity contribution in [2.45, 2.75) is 45.4 Å². The molecular weight excluding hydrogens is 324 g/mol. The zero-order chi connectivity index (χ0) is 17.9. The lowest BCUT2D eigenvalue weighted by molar-refractivity contribution is -0.136. The zero-order valence-corrected chi connectivity index (χ0v) is 15.9. The third-order valence-electron chi connectivity index (χ3n) is 4.77. The molecule has 1 saturated heterocycles. The van der Waals surface area contributed by atoms with Gasteiger partial charge >= 0.3 is 0 Å². The monoisotopic (exact) mass is 352 g/mol. The second kappa shape index (κ2) is 7.66. The Labute approximate surface area is 145 Å². The normalized spacial score (nSPS) is 19.2. The molecule has 0 spiro atoms. The molecule has 1 heterocycles. The molecule has 24 heavy (non-hydrogen) atoms. The Morgan fingerprint density at radius 3 is 2.54 bits per heavy atom. The molecule has 134 valence electrons. The van der Waals surface area contributed by atoms with Gasteiger partial charge in [-0.05, 0) is 57.7 Å². The van der Waals surface area contributed by atoms with Crippen LogP contribution in [0.2, 0.25) is 0 Å². The SMILES string of the molecule is CCN(CC)C(=O)[C@H]1CCCN(S(=O)(=O)c2cc(C)ccc2C)C1. The molecule has 2 rings (SSSR count). The molecular formula is C18H28N2O3S. The first kappa shape index (κ1) is 18.9. The zero-order valence-electron chi connectivity index (χ0n) is 15.1. The van der Waals surface area contributed by atoms with Crippen molar-refractivity contribution in [3.63, 3.8) is 0 Å². The van der Waals surface area contributed by atoms with E-state index in [1.807, 2.05) is 39.8 Å². The highest BCUT2D eigenvalue weighted by Crippen LogP contribution is 2.27. The number of aryl methyl sites for hydroxylation is 2. The summed E-state index contributed by atoms with van der Waals surface area (Å²) in [6, 6.07) is 5.47. The fourth-order valence-electron chi connectivity index (χ4n) is 3.28. The topological polar surface area (TPSA) is 57.7 Å². The van der Waals surface area contributed by atoms with Crippen molar-refractivity contribution in [1.82, 2.24) is 9.21 Å². The van der Waals surface area contributed by atoms with Gasteiger partial charge in [-0.2, -0.15) is 4.31 Å². The van der Waals surface area contributed by atoms with E-state index >= 15 is 0 Å². The van der Waals surface area contributed by atoms with Crippen LogP contribution in [0.4, 0.5) is 0 Å². The van der Waals surface area contributed by atoms with E-state index in [1.165, 1.54) is 4.31 Å². The third kappa shape index (κ3) is 3.81. The Bertz CT molecular complexity index is 696. The summed E-state index contributed by atoms with van der Waals surface area (Å²) < 4.78 is 27.6. The van der Waals surface area contributed by atoms with Crippen LogP contribution >= 0.6 is 0 Å². The van der Waals surface area contributed by atoms with Crippen molar-refractivity contribution in [2.24, 2.45) is 5.92 Å². The van der Waals surface area contributed by atoms with Crippen LogP contribution in [0.3, 0.4) is 0 Å². The smallest absolute Gasteiger partial charge is 0.243 e. The van der Waals surface area contributed by atoms with Crippen molar-refractivity contribution < 1.29 is 13.2 Å². The molecule has 5 nitrogen and oxygen atoms in total. The molecule has 6 heteroatoms. The third-order valence-corrected chi connectivity index (χ3v) is 6.78. The summed E-state index contributed by atoms with van der Waals surface area (Å²) in [5.41, 5.74) is 1.67. The minimum Gasteiger partial charge on any atom is -0.343 e. The van der Waals surface area contributed by atoms with Gasteiger partial charge in [-0.15, -0.1) is 0 Å². The van der Waals surface area contributed by atoms with Crippen LogP contribution in [0.15, 0.2) is 23.1 Å². The van der Waals surface area contributed by atoms with Gasteiger partial charge in [0.1, 0.15) is 0 Å². The van der Waals surface area contributed by atoms with Crippen LogP contribution in [-0.2, 0) is 14.8 Å². The number of carbonyl (C=O) groups is 1. The van der Waals surface area contributed by atoms with Crippen LogP contribution in [0.1, 0.15) is 37.8 Å². The first-order valence-electron chi connectivity index (χ1n) is 8.67. The fraction of sp³-hybridized carbons (Fsp3) is 0.611. The molecule has 1 amide bonds. The first-order valence-corrected chi connectivity index (χ1v) is 10.1. The van der Waals surface area contributed by atoms with Crippen molar-refractivity contribution in [3.05, 3.63) is 29.3 Å². The van der Waals surface area contributed by atoms with Gasteiger partial charge in [0.15, 0.2) is 0 Å². The van der Waals surface area contributed by atoms with Gasteiger partial charge in [0.2, 0.25) is 15.9 Å². The van der Waals surface area contributed by atoms with E-state index in [0.717, 1.165) is 24.0 Å². The molecule has 1 aliphatic rings. The molecule has 1 fully saturated rings. The average molecular weight is 353 g/mol. The highest BCUT2D eigenvalue weighted by Gasteiger charge is 2.35. The average Bonchev–Trinajstić information content (AvgIpc) is 2.58. The summed E-state index contributed by atoms with van der Waals surface area (Å²) in [4.78, 5) is 14.7. The van der Waals surface area contributed by atoms with Gasteiger partial charge in [0.05, 0.1) is 10.8 Å². The summed E-state index contributed by atoms with van der Waals surface area (Å²) in [6.45, 7) is 9.70. The van der Waals surface area contributed by atoms with Crippen LogP contribution < -0.4 is 0 Å². The van der Waals surface area contributed by atoms with E-state index in [0.29, 0.717) is 24.5 Å². The van der Waals surface area contributed by atoms with E-state index in [-0.39, 0.29) is 18.4 Å². The maximum atomic E-state index is 13.0. The van der Waals surface area contributed by atoms with Crippen LogP contribution in [-0.4, -0.2) is 49.7 Å². The second-order valence-electron chi connectivity index (χ2n) is 6.48. The number of carbonyl (C=O) groups excluding carboxylic acids is 1. The van der Waals surface area contributed by atoms with E-state index < -0.39 is 10.0 Å². The number of sulfonamides is 1. The highest BCUT2D eigenvalue weighted by atomic mass is 32.2. The number of rotatable bonds is 5. The number of amides is 1. The lowest BCUT2D eigenvalue weighted by Gasteiger charge is -2.34. The number of benzene rings is 1. The molecule has 0 radical (unpaired) electrons. The van der Waals surface area contributed by atoms with Gasteiger partial charge in [-0.1, -0.05) is 12.1 Å². The van der Waals surface area contributed by atoms with E-state index in [9.17, 15) is 13.2 Å². The van der Waals surface area contributed by atoms with E-state index in [1.54, 1.807) is 11.0 Å². The minimum absolute atomic E-state index is 0.0702. The van der Waals surface area contributed by atoms with Crippen molar-refractivity contribution in [3.8, 4) is 0 Å². The summed E-state index contributed by atoms with van der Waals surface area (Å²) >= 11 is 0. The fourth-order valence-corrected chi connectivity index (χ4v) is 5.11. The second-order valence-corrected chi connectivity index (χ2v) is 8.39. The van der Waals surface area contributed by atoms with Crippen molar-refractivity contribution >= 4 is 15.9 Å². The predicted octanol–water partition coefficient (Wildman–Crippen LogP) is 2.57. The van der Waals surface area contributed by atoms with Gasteiger partial charge in [-0.3, -0.25) is 4.79 Å². The Kier molecular flexibility index (Phi) is 6.04. The molecule has 1 aromatic carbocycles. The number of hydrogen-bond acceptors (Lipinski definition) is 3. The quantitative estimate of drug-likeness (QED) is 0.818. The summed E-state index contributed by atoms with van der Waals surface area (Å²) in [6.07, 6.45) is 1.48. The van der Waals surface area contributed by atoms with Gasteiger partial charge in [-0.25, -0.2) is 8.42 Å². The highest BCUT2D eigenvalue weighted by molar-refractivity contribution is 7.89. The Hall–Kier alpha value is -1.40. The maximum absolute atomic E-state index is 13.0. The van der Waals surface area contributed by atoms with Gasteiger partial charge < -0.3 is 4.90 Å². The lowest BCUT2D eigenvalue weighted by atomic mass is 9.98. The van der Waals surface area contributed by atoms with Gasteiger partial charge in [0.25, 0.3) is 0 Å². The molecule has 0 aliphatic carbocycles. The predicted molar refractivity (Wildman–Crippen MR) is 95.3 cm³/mol. The number of piperidine rings is 1. The lowest BCUT2D eigenvalue weighted by Crippen LogP contribution is -2.46. The summed E-state index contributed by atoms with van der Waals surface area (Å²) in [5, 5.41) is 0. The number of nitrogens with zero attached hydrogens (tertiary/aromatic N) is 2. The van der Waals surface area contributed by atoms with Crippen molar-refractivity contribution in [2.75, 3.05) is 26.2 Å². The molecule has 0 bridgehead atoms. The van der Waals surface area contributed by atoms with Crippen LogP contribution in [0.25, 0.3) is 0 Å². The van der Waals surface area contributed by atoms with E-state index in [4.69, 9.17) is 0 Å². The van der Waals surface area contributed by atoms with Crippen LogP contribution in [0.5, 0.6) is 0 Å². The Balaban J connectivity index is 2.25. The molecule has 1 aromatic rings. The minimum atomic E-state index is -3.56. The molecule has 0 N–H and O–H groups in total. The molecule has 0 saturated carbocycles. The maximum Gasteiger partial charge on any atom is 0.243 e. The first-order chi connectivity index (χ1) is 11.3. The molecule has 0 unspecified atom stereocenters. The molecule has 1 aliphatic heterocycles. The van der Waals surface area contributed by atoms with Gasteiger partial charge in [0, 0.05) is 26.2 Å². The van der Waals surface area contributed by atoms with E-state index in [2.05, 4.69) is 0 Å². The molecule has 1 atom stereocenters. The number of hydrogen-bond donors (Lipinski definition) is 0. The largest absolute Gasteiger partial charge is 0.343 e. The standard InChI is InChI=1S/C18H28N2O3S/c1-5-19(6-2)18(21)16-8-7-11-20(13-16)24(22,23)17-12-14(3)9-10-15(17)4/h9-10,12,16H,5-8,11,13H2,1-4H3/t16-/m0/s1.